The van der Waals surface area contributed by atoms with E-state index in [1.165, 1.54) is 0 Å². The molecule has 0 bridgehead atoms. The van der Waals surface area contributed by atoms with Crippen LogP contribution in [0.1, 0.15) is 19.5 Å². The molecule has 1 amide bonds. The third kappa shape index (κ3) is 3.36. The number of aryl methyl sites for hydroxylation is 1. The molecule has 3 N–H and O–H groups in total. The largest absolute Gasteiger partial charge is 0.350 e. The average molecular weight is 210 g/mol. The van der Waals surface area contributed by atoms with Crippen LogP contribution in [0.4, 0.5) is 0 Å². The van der Waals surface area contributed by atoms with Gasteiger partial charge in [-0.05, 0) is 13.0 Å². The zero-order valence-corrected chi connectivity index (χ0v) is 9.40. The Morgan fingerprint density at radius 2 is 2.33 bits per heavy atom. The van der Waals surface area contributed by atoms with Gasteiger partial charge in [-0.3, -0.25) is 9.48 Å². The van der Waals surface area contributed by atoms with Gasteiger partial charge >= 0.3 is 0 Å². The number of carbonyl (C=O) groups is 1. The molecule has 2 unspecified atom stereocenters. The van der Waals surface area contributed by atoms with Crippen LogP contribution in [0.2, 0.25) is 0 Å². The Bertz CT molecular complexity index is 332. The van der Waals surface area contributed by atoms with E-state index < -0.39 is 0 Å². The molecule has 2 atom stereocenters. The summed E-state index contributed by atoms with van der Waals surface area (Å²) in [6, 6.07) is 1.74. The van der Waals surface area contributed by atoms with Crippen LogP contribution in [0.5, 0.6) is 0 Å². The number of aromatic nitrogens is 2. The molecule has 0 aliphatic rings. The summed E-state index contributed by atoms with van der Waals surface area (Å²) < 4.78 is 1.70. The van der Waals surface area contributed by atoms with E-state index >= 15 is 0 Å². The highest BCUT2D eigenvalue weighted by Gasteiger charge is 2.16. The summed E-state index contributed by atoms with van der Waals surface area (Å²) in [4.78, 5) is 11.5. The summed E-state index contributed by atoms with van der Waals surface area (Å²) in [5.74, 6) is -0.204. The summed E-state index contributed by atoms with van der Waals surface area (Å²) in [7, 11) is 1.84. The van der Waals surface area contributed by atoms with Gasteiger partial charge in [-0.15, -0.1) is 0 Å². The van der Waals surface area contributed by atoms with E-state index in [1.54, 1.807) is 4.68 Å². The van der Waals surface area contributed by atoms with Crippen LogP contribution in [0.25, 0.3) is 0 Å². The van der Waals surface area contributed by atoms with Crippen molar-refractivity contribution in [3.8, 4) is 0 Å². The normalized spacial score (nSPS) is 14.7. The zero-order chi connectivity index (χ0) is 11.4. The van der Waals surface area contributed by atoms with Crippen LogP contribution in [0.3, 0.4) is 0 Å². The van der Waals surface area contributed by atoms with Gasteiger partial charge in [0.15, 0.2) is 0 Å². The summed E-state index contributed by atoms with van der Waals surface area (Å²) in [5.41, 5.74) is 6.48. The Balaban J connectivity index is 2.40. The van der Waals surface area contributed by atoms with Crippen LogP contribution in [-0.2, 0) is 18.4 Å². The summed E-state index contributed by atoms with van der Waals surface area (Å²) in [5, 5.41) is 6.96. The van der Waals surface area contributed by atoms with Crippen molar-refractivity contribution in [3.63, 3.8) is 0 Å². The highest BCUT2D eigenvalue weighted by atomic mass is 16.1. The van der Waals surface area contributed by atoms with Gasteiger partial charge in [0.25, 0.3) is 0 Å². The third-order valence-corrected chi connectivity index (χ3v) is 2.41. The van der Waals surface area contributed by atoms with E-state index in [2.05, 4.69) is 10.4 Å². The molecule has 1 rings (SSSR count). The molecule has 5 nitrogen and oxygen atoms in total. The average Bonchev–Trinajstić information content (AvgIpc) is 2.59. The molecule has 1 aromatic rings. The standard InChI is InChI=1S/C10H18N4O/c1-7(8(2)11)10(15)12-6-9-4-5-14(3)13-9/h4-5,7-8H,6,11H2,1-3H3,(H,12,15). The molecule has 0 fully saturated rings. The lowest BCUT2D eigenvalue weighted by molar-refractivity contribution is -0.125. The minimum Gasteiger partial charge on any atom is -0.350 e. The Labute approximate surface area is 89.6 Å². The first kappa shape index (κ1) is 11.7. The minimum absolute atomic E-state index is 0.0318. The van der Waals surface area contributed by atoms with Crippen molar-refractivity contribution in [1.29, 1.82) is 0 Å². The molecule has 0 aromatic carbocycles. The fourth-order valence-electron chi connectivity index (χ4n) is 1.13. The van der Waals surface area contributed by atoms with Gasteiger partial charge in [-0.25, -0.2) is 0 Å². The summed E-state index contributed by atoms with van der Waals surface area (Å²) in [6.45, 7) is 4.10. The summed E-state index contributed by atoms with van der Waals surface area (Å²) >= 11 is 0. The number of rotatable bonds is 4. The van der Waals surface area contributed by atoms with E-state index in [9.17, 15) is 4.79 Å². The number of carbonyl (C=O) groups excluding carboxylic acids is 1. The lowest BCUT2D eigenvalue weighted by atomic mass is 10.0. The smallest absolute Gasteiger partial charge is 0.224 e. The quantitative estimate of drug-likeness (QED) is 0.735. The SMILES string of the molecule is CC(N)C(C)C(=O)NCc1ccn(C)n1. The van der Waals surface area contributed by atoms with Crippen molar-refractivity contribution in [2.24, 2.45) is 18.7 Å². The van der Waals surface area contributed by atoms with E-state index in [0.29, 0.717) is 6.54 Å². The molecule has 0 saturated heterocycles. The van der Waals surface area contributed by atoms with Crippen molar-refractivity contribution >= 4 is 5.91 Å². The van der Waals surface area contributed by atoms with Crippen LogP contribution in [-0.4, -0.2) is 21.7 Å². The van der Waals surface area contributed by atoms with Gasteiger partial charge in [0.1, 0.15) is 0 Å². The molecular weight excluding hydrogens is 192 g/mol. The molecule has 0 aliphatic carbocycles. The van der Waals surface area contributed by atoms with Crippen molar-refractivity contribution in [2.45, 2.75) is 26.4 Å². The first-order valence-corrected chi connectivity index (χ1v) is 5.02. The predicted molar refractivity (Wildman–Crippen MR) is 57.9 cm³/mol. The Morgan fingerprint density at radius 1 is 1.67 bits per heavy atom. The van der Waals surface area contributed by atoms with Crippen molar-refractivity contribution in [2.75, 3.05) is 0 Å². The number of nitrogens with two attached hydrogens (primary N) is 1. The first-order chi connectivity index (χ1) is 7.00. The molecule has 1 heterocycles. The van der Waals surface area contributed by atoms with E-state index in [-0.39, 0.29) is 17.9 Å². The van der Waals surface area contributed by atoms with Gasteiger partial charge < -0.3 is 11.1 Å². The lowest BCUT2D eigenvalue weighted by Gasteiger charge is -2.14. The van der Waals surface area contributed by atoms with Gasteiger partial charge in [0.2, 0.25) is 5.91 Å². The number of nitrogens with one attached hydrogen (secondary N) is 1. The zero-order valence-electron chi connectivity index (χ0n) is 9.40. The molecule has 0 saturated carbocycles. The molecule has 1 aromatic heterocycles. The lowest BCUT2D eigenvalue weighted by Crippen LogP contribution is -2.38. The Morgan fingerprint density at radius 3 is 2.80 bits per heavy atom. The van der Waals surface area contributed by atoms with Gasteiger partial charge in [0.05, 0.1) is 12.2 Å². The Kier molecular flexibility index (Phi) is 3.85. The first-order valence-electron chi connectivity index (χ1n) is 5.02. The van der Waals surface area contributed by atoms with Crippen LogP contribution in [0, 0.1) is 5.92 Å². The molecule has 0 radical (unpaired) electrons. The van der Waals surface area contributed by atoms with Crippen molar-refractivity contribution in [3.05, 3.63) is 18.0 Å². The fourth-order valence-corrected chi connectivity index (χ4v) is 1.13. The van der Waals surface area contributed by atoms with E-state index in [4.69, 9.17) is 5.73 Å². The minimum atomic E-state index is -0.172. The van der Waals surface area contributed by atoms with Crippen LogP contribution < -0.4 is 11.1 Å². The third-order valence-electron chi connectivity index (χ3n) is 2.41. The van der Waals surface area contributed by atoms with Crippen molar-refractivity contribution in [1.82, 2.24) is 15.1 Å². The maximum absolute atomic E-state index is 11.5. The second kappa shape index (κ2) is 4.93. The number of hydrogen-bond donors (Lipinski definition) is 2. The molecule has 5 heteroatoms. The van der Waals surface area contributed by atoms with Crippen LogP contribution >= 0.6 is 0 Å². The van der Waals surface area contributed by atoms with Gasteiger partial charge in [-0.2, -0.15) is 5.10 Å². The second-order valence-corrected chi connectivity index (χ2v) is 3.85. The molecule has 15 heavy (non-hydrogen) atoms. The highest BCUT2D eigenvalue weighted by molar-refractivity contribution is 5.78. The monoisotopic (exact) mass is 210 g/mol. The van der Waals surface area contributed by atoms with Gasteiger partial charge in [-0.1, -0.05) is 6.92 Å². The maximum Gasteiger partial charge on any atom is 0.224 e. The van der Waals surface area contributed by atoms with Gasteiger partial charge in [0, 0.05) is 25.2 Å². The van der Waals surface area contributed by atoms with E-state index in [0.717, 1.165) is 5.69 Å². The second-order valence-electron chi connectivity index (χ2n) is 3.85. The van der Waals surface area contributed by atoms with Crippen LogP contribution in [0.15, 0.2) is 12.3 Å². The molecule has 84 valence electrons. The van der Waals surface area contributed by atoms with Crippen molar-refractivity contribution < 1.29 is 4.79 Å². The predicted octanol–water partition coefficient (Wildman–Crippen LogP) is 0.0196. The maximum atomic E-state index is 11.5. The number of amides is 1. The van der Waals surface area contributed by atoms with E-state index in [1.807, 2.05) is 33.2 Å². The Hall–Kier alpha value is -1.36. The summed E-state index contributed by atoms with van der Waals surface area (Å²) in [6.07, 6.45) is 1.84. The highest BCUT2D eigenvalue weighted by Crippen LogP contribution is 2.00. The number of nitrogens with zero attached hydrogens (tertiary/aromatic N) is 2. The molecule has 0 spiro atoms. The molecule has 0 aliphatic heterocycles. The fraction of sp³-hybridized carbons (Fsp3) is 0.600. The molecular formula is C10H18N4O. The number of hydrogen-bond acceptors (Lipinski definition) is 3. The topological polar surface area (TPSA) is 72.9 Å².